The SMILES string of the molecule is CCc1cccnc1CNC(=O)c1cc(Cl)ccc1I. The van der Waals surface area contributed by atoms with Crippen LogP contribution in [0.5, 0.6) is 0 Å². The number of nitrogens with one attached hydrogen (secondary N) is 1. The Balaban J connectivity index is 2.11. The van der Waals surface area contributed by atoms with E-state index in [1.165, 1.54) is 0 Å². The van der Waals surface area contributed by atoms with Gasteiger partial charge in [-0.15, -0.1) is 0 Å². The molecule has 0 fully saturated rings. The zero-order chi connectivity index (χ0) is 14.5. The van der Waals surface area contributed by atoms with Crippen LogP contribution in [0.4, 0.5) is 0 Å². The van der Waals surface area contributed by atoms with Gasteiger partial charge in [0.05, 0.1) is 17.8 Å². The molecule has 5 heteroatoms. The monoisotopic (exact) mass is 400 g/mol. The fourth-order valence-electron chi connectivity index (χ4n) is 1.88. The number of hydrogen-bond acceptors (Lipinski definition) is 2. The third-order valence-electron chi connectivity index (χ3n) is 2.95. The summed E-state index contributed by atoms with van der Waals surface area (Å²) in [5.74, 6) is -0.135. The summed E-state index contributed by atoms with van der Waals surface area (Å²) in [6, 6.07) is 9.21. The quantitative estimate of drug-likeness (QED) is 0.793. The predicted octanol–water partition coefficient (Wildman–Crippen LogP) is 3.83. The highest BCUT2D eigenvalue weighted by Crippen LogP contribution is 2.18. The van der Waals surface area contributed by atoms with Crippen LogP contribution in [0.2, 0.25) is 5.02 Å². The van der Waals surface area contributed by atoms with Crippen LogP contribution in [0.3, 0.4) is 0 Å². The number of pyridine rings is 1. The van der Waals surface area contributed by atoms with E-state index < -0.39 is 0 Å². The van der Waals surface area contributed by atoms with Crippen molar-refractivity contribution >= 4 is 40.1 Å². The minimum absolute atomic E-state index is 0.135. The first-order valence-electron chi connectivity index (χ1n) is 6.28. The van der Waals surface area contributed by atoms with Gasteiger partial charge in [-0.2, -0.15) is 0 Å². The molecular weight excluding hydrogens is 387 g/mol. The van der Waals surface area contributed by atoms with Crippen molar-refractivity contribution in [2.45, 2.75) is 19.9 Å². The summed E-state index contributed by atoms with van der Waals surface area (Å²) in [6.45, 7) is 2.49. The Kier molecular flexibility index (Phi) is 5.37. The third kappa shape index (κ3) is 3.70. The fourth-order valence-corrected chi connectivity index (χ4v) is 2.64. The van der Waals surface area contributed by atoms with E-state index in [0.717, 1.165) is 21.2 Å². The lowest BCUT2D eigenvalue weighted by atomic mass is 10.1. The van der Waals surface area contributed by atoms with Gasteiger partial charge in [0.15, 0.2) is 0 Å². The van der Waals surface area contributed by atoms with Crippen LogP contribution in [0, 0.1) is 3.57 Å². The number of halogens is 2. The van der Waals surface area contributed by atoms with E-state index in [2.05, 4.69) is 39.8 Å². The average Bonchev–Trinajstić information content (AvgIpc) is 2.47. The number of hydrogen-bond donors (Lipinski definition) is 1. The normalized spacial score (nSPS) is 10.3. The summed E-state index contributed by atoms with van der Waals surface area (Å²) >= 11 is 8.06. The molecule has 0 unspecified atom stereocenters. The van der Waals surface area contributed by atoms with Gasteiger partial charge in [-0.1, -0.05) is 24.6 Å². The first-order valence-corrected chi connectivity index (χ1v) is 7.73. The van der Waals surface area contributed by atoms with Crippen LogP contribution in [-0.4, -0.2) is 10.9 Å². The second kappa shape index (κ2) is 7.04. The van der Waals surface area contributed by atoms with E-state index in [1.54, 1.807) is 18.3 Å². The molecule has 1 heterocycles. The number of carbonyl (C=O) groups excluding carboxylic acids is 1. The standard InChI is InChI=1S/C15H14ClIN2O/c1-2-10-4-3-7-18-14(10)9-19-15(20)12-8-11(16)5-6-13(12)17/h3-8H,2,9H2,1H3,(H,19,20). The van der Waals surface area contributed by atoms with Gasteiger partial charge in [-0.3, -0.25) is 9.78 Å². The van der Waals surface area contributed by atoms with Crippen molar-refractivity contribution in [2.75, 3.05) is 0 Å². The minimum atomic E-state index is -0.135. The van der Waals surface area contributed by atoms with Crippen LogP contribution >= 0.6 is 34.2 Å². The van der Waals surface area contributed by atoms with Gasteiger partial charge in [0.2, 0.25) is 0 Å². The first kappa shape index (κ1) is 15.3. The van der Waals surface area contributed by atoms with Crippen molar-refractivity contribution < 1.29 is 4.79 Å². The Bertz CT molecular complexity index is 631. The second-order valence-corrected chi connectivity index (χ2v) is 5.87. The first-order chi connectivity index (χ1) is 9.61. The molecule has 0 radical (unpaired) electrons. The summed E-state index contributed by atoms with van der Waals surface area (Å²) in [7, 11) is 0. The maximum Gasteiger partial charge on any atom is 0.252 e. The lowest BCUT2D eigenvalue weighted by Gasteiger charge is -2.09. The van der Waals surface area contributed by atoms with Crippen molar-refractivity contribution in [3.05, 3.63) is 61.9 Å². The summed E-state index contributed by atoms with van der Waals surface area (Å²) in [5, 5.41) is 3.45. The molecule has 20 heavy (non-hydrogen) atoms. The highest BCUT2D eigenvalue weighted by molar-refractivity contribution is 14.1. The van der Waals surface area contributed by atoms with Crippen molar-refractivity contribution in [1.29, 1.82) is 0 Å². The lowest BCUT2D eigenvalue weighted by molar-refractivity contribution is 0.0949. The Hall–Kier alpha value is -1.14. The molecule has 0 saturated carbocycles. The van der Waals surface area contributed by atoms with Crippen LogP contribution < -0.4 is 5.32 Å². The highest BCUT2D eigenvalue weighted by Gasteiger charge is 2.11. The maximum atomic E-state index is 12.2. The van der Waals surface area contributed by atoms with E-state index in [-0.39, 0.29) is 5.91 Å². The summed E-state index contributed by atoms with van der Waals surface area (Å²) < 4.78 is 0.876. The van der Waals surface area contributed by atoms with Gasteiger partial charge in [0, 0.05) is 14.8 Å². The molecule has 1 amide bonds. The number of aryl methyl sites for hydroxylation is 1. The van der Waals surface area contributed by atoms with E-state index in [4.69, 9.17) is 11.6 Å². The Morgan fingerprint density at radius 3 is 2.95 bits per heavy atom. The van der Waals surface area contributed by atoms with Gasteiger partial charge in [0.25, 0.3) is 5.91 Å². The molecule has 0 aliphatic heterocycles. The second-order valence-electron chi connectivity index (χ2n) is 4.27. The Morgan fingerprint density at radius 1 is 1.40 bits per heavy atom. The number of carbonyl (C=O) groups is 1. The molecular formula is C15H14ClIN2O. The number of rotatable bonds is 4. The molecule has 0 saturated heterocycles. The Labute approximate surface area is 136 Å². The number of nitrogens with zero attached hydrogens (tertiary/aromatic N) is 1. The van der Waals surface area contributed by atoms with Gasteiger partial charge in [0.1, 0.15) is 0 Å². The zero-order valence-corrected chi connectivity index (χ0v) is 13.9. The molecule has 104 valence electrons. The number of amides is 1. The lowest BCUT2D eigenvalue weighted by Crippen LogP contribution is -2.24. The fraction of sp³-hybridized carbons (Fsp3) is 0.200. The van der Waals surface area contributed by atoms with Crippen molar-refractivity contribution in [2.24, 2.45) is 0 Å². The molecule has 0 spiro atoms. The van der Waals surface area contributed by atoms with Crippen molar-refractivity contribution in [1.82, 2.24) is 10.3 Å². The molecule has 0 aliphatic rings. The molecule has 0 bridgehead atoms. The predicted molar refractivity (Wildman–Crippen MR) is 89.0 cm³/mol. The zero-order valence-electron chi connectivity index (χ0n) is 11.0. The third-order valence-corrected chi connectivity index (χ3v) is 4.13. The summed E-state index contributed by atoms with van der Waals surface area (Å²) in [4.78, 5) is 16.5. The van der Waals surface area contributed by atoms with Gasteiger partial charge < -0.3 is 5.32 Å². The van der Waals surface area contributed by atoms with Crippen LogP contribution in [0.1, 0.15) is 28.5 Å². The smallest absolute Gasteiger partial charge is 0.252 e. The molecule has 3 nitrogen and oxygen atoms in total. The largest absolute Gasteiger partial charge is 0.346 e. The van der Waals surface area contributed by atoms with Crippen LogP contribution in [-0.2, 0) is 13.0 Å². The van der Waals surface area contributed by atoms with Gasteiger partial charge in [-0.25, -0.2) is 0 Å². The number of aromatic nitrogens is 1. The molecule has 2 aromatic rings. The molecule has 1 aromatic carbocycles. The topological polar surface area (TPSA) is 42.0 Å². The van der Waals surface area contributed by atoms with E-state index in [9.17, 15) is 4.79 Å². The van der Waals surface area contributed by atoms with Gasteiger partial charge in [-0.05, 0) is 58.8 Å². The van der Waals surface area contributed by atoms with Crippen molar-refractivity contribution in [3.63, 3.8) is 0 Å². The van der Waals surface area contributed by atoms with Crippen molar-refractivity contribution in [3.8, 4) is 0 Å². The molecule has 0 atom stereocenters. The summed E-state index contributed by atoms with van der Waals surface area (Å²) in [5.41, 5.74) is 2.64. The highest BCUT2D eigenvalue weighted by atomic mass is 127. The maximum absolute atomic E-state index is 12.2. The molecule has 2 rings (SSSR count). The molecule has 1 aromatic heterocycles. The Morgan fingerprint density at radius 2 is 2.20 bits per heavy atom. The minimum Gasteiger partial charge on any atom is -0.346 e. The van der Waals surface area contributed by atoms with Gasteiger partial charge >= 0.3 is 0 Å². The van der Waals surface area contributed by atoms with E-state index in [1.807, 2.05) is 18.2 Å². The van der Waals surface area contributed by atoms with E-state index >= 15 is 0 Å². The molecule has 0 aliphatic carbocycles. The molecule has 1 N–H and O–H groups in total. The van der Waals surface area contributed by atoms with E-state index in [0.29, 0.717) is 17.1 Å². The average molecular weight is 401 g/mol. The van der Waals surface area contributed by atoms with Crippen LogP contribution in [0.15, 0.2) is 36.5 Å². The number of benzene rings is 1. The van der Waals surface area contributed by atoms with Crippen LogP contribution in [0.25, 0.3) is 0 Å². The summed E-state index contributed by atoms with van der Waals surface area (Å²) in [6.07, 6.45) is 2.64.